The molecule has 2 N–H and O–H groups in total. The molecule has 1 unspecified atom stereocenters. The molecule has 0 saturated carbocycles. The molecule has 1 nitrogen and oxygen atoms in total. The standard InChI is InChI=1S/C16H13F2NS/c1-9-4-11(7-13(18)5-9)16(19)15-8-10-6-12(17)2-3-14(10)20-15/h2-8,16H,19H2,1H3. The number of hydrogen-bond donors (Lipinski definition) is 1. The zero-order valence-corrected chi connectivity index (χ0v) is 11.7. The molecule has 0 aliphatic carbocycles. The third-order valence-electron chi connectivity index (χ3n) is 3.23. The predicted octanol–water partition coefficient (Wildman–Crippen LogP) is 4.54. The van der Waals surface area contributed by atoms with Crippen molar-refractivity contribution in [3.05, 3.63) is 70.1 Å². The van der Waals surface area contributed by atoms with Crippen molar-refractivity contribution in [1.82, 2.24) is 0 Å². The lowest BCUT2D eigenvalue weighted by atomic mass is 10.0. The molecule has 1 heterocycles. The molecule has 2 aromatic carbocycles. The Kier molecular flexibility index (Phi) is 3.28. The van der Waals surface area contributed by atoms with Crippen LogP contribution in [0, 0.1) is 18.6 Å². The minimum absolute atomic E-state index is 0.267. The number of hydrogen-bond acceptors (Lipinski definition) is 2. The summed E-state index contributed by atoms with van der Waals surface area (Å²) in [5.41, 5.74) is 7.77. The molecule has 0 aliphatic heterocycles. The van der Waals surface area contributed by atoms with Crippen molar-refractivity contribution in [1.29, 1.82) is 0 Å². The van der Waals surface area contributed by atoms with Crippen LogP contribution in [0.3, 0.4) is 0 Å². The van der Waals surface area contributed by atoms with Crippen molar-refractivity contribution < 1.29 is 8.78 Å². The Labute approximate surface area is 119 Å². The minimum atomic E-state index is -0.398. The maximum atomic E-state index is 13.5. The fourth-order valence-corrected chi connectivity index (χ4v) is 3.37. The Hall–Kier alpha value is -1.78. The Morgan fingerprint density at radius 2 is 1.80 bits per heavy atom. The molecule has 3 aromatic rings. The van der Waals surface area contributed by atoms with Gasteiger partial charge in [0.25, 0.3) is 0 Å². The van der Waals surface area contributed by atoms with Crippen LogP contribution in [0.4, 0.5) is 8.78 Å². The van der Waals surface area contributed by atoms with Gasteiger partial charge in [0.05, 0.1) is 6.04 Å². The Morgan fingerprint density at radius 1 is 1.00 bits per heavy atom. The summed E-state index contributed by atoms with van der Waals surface area (Å²) < 4.78 is 27.6. The molecule has 0 spiro atoms. The largest absolute Gasteiger partial charge is 0.320 e. The number of benzene rings is 2. The van der Waals surface area contributed by atoms with E-state index in [1.807, 2.05) is 19.1 Å². The monoisotopic (exact) mass is 289 g/mol. The van der Waals surface area contributed by atoms with E-state index in [0.717, 1.165) is 26.1 Å². The topological polar surface area (TPSA) is 26.0 Å². The highest BCUT2D eigenvalue weighted by atomic mass is 32.1. The van der Waals surface area contributed by atoms with Crippen LogP contribution in [0.2, 0.25) is 0 Å². The third-order valence-corrected chi connectivity index (χ3v) is 4.43. The van der Waals surface area contributed by atoms with Crippen LogP contribution in [0.25, 0.3) is 10.1 Å². The molecule has 1 aromatic heterocycles. The second-order valence-corrected chi connectivity index (χ2v) is 5.99. The van der Waals surface area contributed by atoms with Gasteiger partial charge >= 0.3 is 0 Å². The van der Waals surface area contributed by atoms with E-state index in [4.69, 9.17) is 5.73 Å². The fraction of sp³-hybridized carbons (Fsp3) is 0.125. The van der Waals surface area contributed by atoms with Crippen LogP contribution in [-0.2, 0) is 0 Å². The highest BCUT2D eigenvalue weighted by Gasteiger charge is 2.14. The number of halogens is 2. The van der Waals surface area contributed by atoms with E-state index in [1.54, 1.807) is 6.07 Å². The molecule has 0 bridgehead atoms. The van der Waals surface area contributed by atoms with Crippen molar-refractivity contribution in [2.45, 2.75) is 13.0 Å². The first-order valence-corrected chi connectivity index (χ1v) is 7.06. The quantitative estimate of drug-likeness (QED) is 0.736. The molecule has 0 fully saturated rings. The highest BCUT2D eigenvalue weighted by molar-refractivity contribution is 7.19. The van der Waals surface area contributed by atoms with E-state index in [2.05, 4.69) is 0 Å². The van der Waals surface area contributed by atoms with Crippen molar-refractivity contribution in [2.24, 2.45) is 5.73 Å². The van der Waals surface area contributed by atoms with Gasteiger partial charge in [-0.2, -0.15) is 0 Å². The lowest BCUT2D eigenvalue weighted by Gasteiger charge is -2.11. The normalized spacial score (nSPS) is 12.8. The van der Waals surface area contributed by atoms with Crippen molar-refractivity contribution in [2.75, 3.05) is 0 Å². The van der Waals surface area contributed by atoms with Gasteiger partial charge in [0.1, 0.15) is 11.6 Å². The van der Waals surface area contributed by atoms with E-state index in [0.29, 0.717) is 0 Å². The SMILES string of the molecule is Cc1cc(F)cc(C(N)c2cc3cc(F)ccc3s2)c1. The second-order valence-electron chi connectivity index (χ2n) is 4.87. The van der Waals surface area contributed by atoms with E-state index >= 15 is 0 Å². The summed E-state index contributed by atoms with van der Waals surface area (Å²) in [4.78, 5) is 0.899. The summed E-state index contributed by atoms with van der Waals surface area (Å²) in [6.07, 6.45) is 0. The highest BCUT2D eigenvalue weighted by Crippen LogP contribution is 2.32. The summed E-state index contributed by atoms with van der Waals surface area (Å²) >= 11 is 1.51. The van der Waals surface area contributed by atoms with Gasteiger partial charge in [0.2, 0.25) is 0 Å². The number of thiophene rings is 1. The van der Waals surface area contributed by atoms with Gasteiger partial charge in [-0.1, -0.05) is 6.07 Å². The summed E-state index contributed by atoms with van der Waals surface area (Å²) in [5, 5.41) is 0.827. The van der Waals surface area contributed by atoms with Gasteiger partial charge in [-0.05, 0) is 59.8 Å². The van der Waals surface area contributed by atoms with Crippen LogP contribution in [0.5, 0.6) is 0 Å². The van der Waals surface area contributed by atoms with E-state index in [1.165, 1.54) is 35.6 Å². The summed E-state index contributed by atoms with van der Waals surface area (Å²) in [7, 11) is 0. The van der Waals surface area contributed by atoms with Crippen molar-refractivity contribution in [3.8, 4) is 0 Å². The number of rotatable bonds is 2. The van der Waals surface area contributed by atoms with Gasteiger partial charge in [-0.3, -0.25) is 0 Å². The molecular weight excluding hydrogens is 276 g/mol. The molecule has 0 saturated heterocycles. The van der Waals surface area contributed by atoms with Crippen LogP contribution < -0.4 is 5.73 Å². The first-order valence-electron chi connectivity index (χ1n) is 6.24. The average molecular weight is 289 g/mol. The first kappa shape index (κ1) is 13.2. The van der Waals surface area contributed by atoms with Crippen LogP contribution in [0.1, 0.15) is 22.0 Å². The molecule has 4 heteroatoms. The Bertz CT molecular complexity index is 759. The van der Waals surface area contributed by atoms with Gasteiger partial charge in [0, 0.05) is 9.58 Å². The van der Waals surface area contributed by atoms with Gasteiger partial charge < -0.3 is 5.73 Å². The summed E-state index contributed by atoms with van der Waals surface area (Å²) in [6, 6.07) is 10.9. The average Bonchev–Trinajstić information content (AvgIpc) is 2.79. The smallest absolute Gasteiger partial charge is 0.123 e. The molecule has 1 atom stereocenters. The fourth-order valence-electron chi connectivity index (χ4n) is 2.30. The number of aryl methyl sites for hydroxylation is 1. The Morgan fingerprint density at radius 3 is 2.55 bits per heavy atom. The lowest BCUT2D eigenvalue weighted by molar-refractivity contribution is 0.622. The predicted molar refractivity (Wildman–Crippen MR) is 79.0 cm³/mol. The molecule has 20 heavy (non-hydrogen) atoms. The van der Waals surface area contributed by atoms with Crippen LogP contribution >= 0.6 is 11.3 Å². The summed E-state index contributed by atoms with van der Waals surface area (Å²) in [5.74, 6) is -0.556. The second kappa shape index (κ2) is 4.96. The van der Waals surface area contributed by atoms with Crippen LogP contribution in [0.15, 0.2) is 42.5 Å². The maximum absolute atomic E-state index is 13.5. The van der Waals surface area contributed by atoms with Gasteiger partial charge in [-0.25, -0.2) is 8.78 Å². The van der Waals surface area contributed by atoms with Crippen molar-refractivity contribution >= 4 is 21.4 Å². The van der Waals surface area contributed by atoms with Crippen molar-refractivity contribution in [3.63, 3.8) is 0 Å². The number of nitrogens with two attached hydrogens (primary N) is 1. The van der Waals surface area contributed by atoms with E-state index in [9.17, 15) is 8.78 Å². The van der Waals surface area contributed by atoms with E-state index < -0.39 is 6.04 Å². The minimum Gasteiger partial charge on any atom is -0.320 e. The summed E-state index contributed by atoms with van der Waals surface area (Å²) in [6.45, 7) is 1.83. The zero-order chi connectivity index (χ0) is 14.3. The van der Waals surface area contributed by atoms with Gasteiger partial charge in [0.15, 0.2) is 0 Å². The maximum Gasteiger partial charge on any atom is 0.123 e. The molecule has 102 valence electrons. The molecule has 0 amide bonds. The van der Waals surface area contributed by atoms with Gasteiger partial charge in [-0.15, -0.1) is 11.3 Å². The third kappa shape index (κ3) is 2.44. The molecular formula is C16H13F2NS. The lowest BCUT2D eigenvalue weighted by Crippen LogP contribution is -2.10. The molecule has 0 radical (unpaired) electrons. The van der Waals surface area contributed by atoms with Crippen LogP contribution in [-0.4, -0.2) is 0 Å². The first-order chi connectivity index (χ1) is 9.52. The Balaban J connectivity index is 2.05. The zero-order valence-electron chi connectivity index (χ0n) is 10.9. The number of fused-ring (bicyclic) bond motifs is 1. The van der Waals surface area contributed by atoms with E-state index in [-0.39, 0.29) is 11.6 Å². The molecule has 3 rings (SSSR count). The molecule has 0 aliphatic rings.